The van der Waals surface area contributed by atoms with Crippen molar-refractivity contribution in [2.45, 2.75) is 19.9 Å². The zero-order chi connectivity index (χ0) is 22.7. The van der Waals surface area contributed by atoms with Crippen molar-refractivity contribution in [3.63, 3.8) is 0 Å². The van der Waals surface area contributed by atoms with Gasteiger partial charge in [-0.3, -0.25) is 15.2 Å². The first-order valence-corrected chi connectivity index (χ1v) is 9.22. The fourth-order valence-corrected chi connectivity index (χ4v) is 3.01. The van der Waals surface area contributed by atoms with E-state index in [1.54, 1.807) is 0 Å². The van der Waals surface area contributed by atoms with Crippen LogP contribution in [0.25, 0.3) is 16.8 Å². The summed E-state index contributed by atoms with van der Waals surface area (Å²) < 4.78 is 43.8. The number of benzene rings is 1. The summed E-state index contributed by atoms with van der Waals surface area (Å²) in [6.45, 7) is 2.68. The second-order valence-corrected chi connectivity index (χ2v) is 6.92. The maximum Gasteiger partial charge on any atom is 0.334 e. The second-order valence-electron chi connectivity index (χ2n) is 6.48. The molecule has 3 N–H and O–H groups in total. The van der Waals surface area contributed by atoms with E-state index in [-0.39, 0.29) is 27.5 Å². The molecular weight excluding hydrogens is 437 g/mol. The predicted octanol–water partition coefficient (Wildman–Crippen LogP) is 3.42. The third kappa shape index (κ3) is 5.12. The molecule has 2 heterocycles. The van der Waals surface area contributed by atoms with Gasteiger partial charge in [0.05, 0.1) is 24.1 Å². The molecular formula is C19H16ClF3N6O2. The second kappa shape index (κ2) is 9.04. The number of pyridine rings is 1. The molecule has 0 fully saturated rings. The van der Waals surface area contributed by atoms with E-state index in [1.807, 2.05) is 0 Å². The van der Waals surface area contributed by atoms with Crippen LogP contribution in [0.2, 0.25) is 5.02 Å². The summed E-state index contributed by atoms with van der Waals surface area (Å²) in [5, 5.41) is 6.20. The van der Waals surface area contributed by atoms with Gasteiger partial charge in [-0.15, -0.1) is 0 Å². The SMILES string of the molecule is CC(=O)NNC(=O)N[C@H](C)c1ncc(-c2cc(Cl)cc(F)c2-n2cc(F)cn2)cc1F. The Morgan fingerprint density at radius 2 is 1.84 bits per heavy atom. The highest BCUT2D eigenvalue weighted by Crippen LogP contribution is 2.33. The molecule has 0 aliphatic heterocycles. The molecule has 3 aromatic rings. The highest BCUT2D eigenvalue weighted by Gasteiger charge is 2.20. The Labute approximate surface area is 179 Å². The third-order valence-corrected chi connectivity index (χ3v) is 4.32. The van der Waals surface area contributed by atoms with E-state index in [9.17, 15) is 22.8 Å². The summed E-state index contributed by atoms with van der Waals surface area (Å²) in [6, 6.07) is 1.85. The van der Waals surface area contributed by atoms with Crippen LogP contribution in [0, 0.1) is 17.5 Å². The lowest BCUT2D eigenvalue weighted by Gasteiger charge is -2.16. The Hall–Kier alpha value is -3.60. The Bertz CT molecular complexity index is 1150. The van der Waals surface area contributed by atoms with Crippen LogP contribution < -0.4 is 16.2 Å². The lowest BCUT2D eigenvalue weighted by atomic mass is 10.0. The topological polar surface area (TPSA) is 101 Å². The van der Waals surface area contributed by atoms with Crippen molar-refractivity contribution in [1.82, 2.24) is 30.9 Å². The minimum absolute atomic E-state index is 0.0399. The first-order chi connectivity index (χ1) is 14.7. The van der Waals surface area contributed by atoms with Crippen molar-refractivity contribution in [2.75, 3.05) is 0 Å². The van der Waals surface area contributed by atoms with Crippen molar-refractivity contribution in [2.24, 2.45) is 0 Å². The molecule has 3 amide bonds. The van der Waals surface area contributed by atoms with Crippen LogP contribution in [-0.2, 0) is 4.79 Å². The van der Waals surface area contributed by atoms with E-state index in [0.29, 0.717) is 0 Å². The number of hydrogen-bond donors (Lipinski definition) is 3. The number of rotatable bonds is 4. The van der Waals surface area contributed by atoms with Crippen molar-refractivity contribution in [3.05, 3.63) is 65.0 Å². The van der Waals surface area contributed by atoms with Crippen LogP contribution >= 0.6 is 11.6 Å². The van der Waals surface area contributed by atoms with Crippen LogP contribution in [0.5, 0.6) is 0 Å². The summed E-state index contributed by atoms with van der Waals surface area (Å²) in [5.74, 6) is -2.75. The molecule has 3 rings (SSSR count). The summed E-state index contributed by atoms with van der Waals surface area (Å²) in [5.41, 5.74) is 4.22. The van der Waals surface area contributed by atoms with Crippen LogP contribution in [0.4, 0.5) is 18.0 Å². The molecule has 0 aliphatic rings. The molecule has 0 saturated heterocycles. The van der Waals surface area contributed by atoms with Crippen molar-refractivity contribution < 1.29 is 22.8 Å². The Morgan fingerprint density at radius 3 is 2.45 bits per heavy atom. The Morgan fingerprint density at radius 1 is 1.10 bits per heavy atom. The number of nitrogens with one attached hydrogen (secondary N) is 3. The molecule has 2 aromatic heterocycles. The lowest BCUT2D eigenvalue weighted by Crippen LogP contribution is -2.46. The molecule has 0 bridgehead atoms. The molecule has 0 unspecified atom stereocenters. The number of carbonyl (C=O) groups excluding carboxylic acids is 2. The minimum Gasteiger partial charge on any atom is -0.329 e. The van der Waals surface area contributed by atoms with Gasteiger partial charge in [0.25, 0.3) is 0 Å². The van der Waals surface area contributed by atoms with Gasteiger partial charge in [0, 0.05) is 29.3 Å². The van der Waals surface area contributed by atoms with Gasteiger partial charge in [0.15, 0.2) is 11.6 Å². The Kier molecular flexibility index (Phi) is 6.44. The van der Waals surface area contributed by atoms with E-state index in [1.165, 1.54) is 26.1 Å². The minimum atomic E-state index is -0.862. The van der Waals surface area contributed by atoms with Gasteiger partial charge < -0.3 is 5.32 Å². The number of halogens is 4. The highest BCUT2D eigenvalue weighted by molar-refractivity contribution is 6.31. The lowest BCUT2D eigenvalue weighted by molar-refractivity contribution is -0.119. The molecule has 162 valence electrons. The van der Waals surface area contributed by atoms with Crippen LogP contribution in [0.3, 0.4) is 0 Å². The zero-order valence-electron chi connectivity index (χ0n) is 16.2. The van der Waals surface area contributed by atoms with Crippen molar-refractivity contribution >= 4 is 23.5 Å². The quantitative estimate of drug-likeness (QED) is 0.528. The maximum atomic E-state index is 14.8. The molecule has 1 atom stereocenters. The molecule has 0 aliphatic carbocycles. The average molecular weight is 453 g/mol. The van der Waals surface area contributed by atoms with Crippen molar-refractivity contribution in [1.29, 1.82) is 0 Å². The van der Waals surface area contributed by atoms with E-state index in [2.05, 4.69) is 26.3 Å². The number of amides is 3. The molecule has 0 spiro atoms. The van der Waals surface area contributed by atoms with Gasteiger partial charge in [-0.05, 0) is 25.1 Å². The fourth-order valence-electron chi connectivity index (χ4n) is 2.80. The largest absolute Gasteiger partial charge is 0.334 e. The number of nitrogens with zero attached hydrogens (tertiary/aromatic N) is 3. The maximum absolute atomic E-state index is 14.8. The first-order valence-electron chi connectivity index (χ1n) is 8.84. The van der Waals surface area contributed by atoms with Gasteiger partial charge >= 0.3 is 6.03 Å². The molecule has 0 radical (unpaired) electrons. The van der Waals surface area contributed by atoms with E-state index >= 15 is 0 Å². The number of hydrazine groups is 1. The molecule has 1 aromatic carbocycles. The number of carbonyl (C=O) groups is 2. The summed E-state index contributed by atoms with van der Waals surface area (Å²) in [7, 11) is 0. The molecule has 31 heavy (non-hydrogen) atoms. The normalized spacial score (nSPS) is 11.7. The Balaban J connectivity index is 1.93. The van der Waals surface area contributed by atoms with E-state index < -0.39 is 35.4 Å². The summed E-state index contributed by atoms with van der Waals surface area (Å²) in [4.78, 5) is 26.6. The van der Waals surface area contributed by atoms with Gasteiger partial charge in [-0.25, -0.2) is 28.1 Å². The zero-order valence-corrected chi connectivity index (χ0v) is 17.0. The average Bonchev–Trinajstić information content (AvgIpc) is 3.11. The van der Waals surface area contributed by atoms with Crippen LogP contribution in [-0.4, -0.2) is 26.7 Å². The molecule has 8 nitrogen and oxygen atoms in total. The summed E-state index contributed by atoms with van der Waals surface area (Å²) >= 11 is 5.95. The van der Waals surface area contributed by atoms with Crippen molar-refractivity contribution in [3.8, 4) is 16.8 Å². The van der Waals surface area contributed by atoms with Gasteiger partial charge in [0.2, 0.25) is 5.91 Å². The number of aromatic nitrogens is 3. The number of urea groups is 1. The summed E-state index contributed by atoms with van der Waals surface area (Å²) in [6.07, 6.45) is 3.13. The van der Waals surface area contributed by atoms with E-state index in [0.717, 1.165) is 29.2 Å². The van der Waals surface area contributed by atoms with Gasteiger partial charge in [-0.1, -0.05) is 11.6 Å². The molecule has 0 saturated carbocycles. The molecule has 12 heteroatoms. The monoisotopic (exact) mass is 452 g/mol. The standard InChI is InChI=1S/C19H16ClF3N6O2/c1-9(26-19(31)28-27-10(2)30)17-15(22)3-11(6-24-17)14-4-12(20)5-16(23)18(14)29-8-13(21)7-25-29/h3-9H,1-2H3,(H,27,30)(H2,26,28,31)/t9-/m1/s1. The number of hydrogen-bond acceptors (Lipinski definition) is 4. The van der Waals surface area contributed by atoms with Crippen LogP contribution in [0.1, 0.15) is 25.6 Å². The van der Waals surface area contributed by atoms with Crippen LogP contribution in [0.15, 0.2) is 36.8 Å². The fraction of sp³-hybridized carbons (Fsp3) is 0.158. The third-order valence-electron chi connectivity index (χ3n) is 4.10. The highest BCUT2D eigenvalue weighted by atomic mass is 35.5. The van der Waals surface area contributed by atoms with Gasteiger partial charge in [0.1, 0.15) is 11.5 Å². The smallest absolute Gasteiger partial charge is 0.329 e. The van der Waals surface area contributed by atoms with Gasteiger partial charge in [-0.2, -0.15) is 5.10 Å². The predicted molar refractivity (Wildman–Crippen MR) is 106 cm³/mol. The first kappa shape index (κ1) is 22.1. The van der Waals surface area contributed by atoms with E-state index in [4.69, 9.17) is 11.6 Å².